The zero-order valence-electron chi connectivity index (χ0n) is 14.2. The van der Waals surface area contributed by atoms with Crippen molar-refractivity contribution < 1.29 is 4.74 Å². The van der Waals surface area contributed by atoms with Crippen LogP contribution in [0.15, 0.2) is 35.3 Å². The Hall–Kier alpha value is -2.29. The van der Waals surface area contributed by atoms with Crippen molar-refractivity contribution in [3.8, 4) is 16.3 Å². The number of rotatable bonds is 4. The third kappa shape index (κ3) is 3.35. The molecule has 0 unspecified atom stereocenters. The van der Waals surface area contributed by atoms with E-state index in [1.165, 1.54) is 0 Å². The predicted octanol–water partition coefficient (Wildman–Crippen LogP) is 3.12. The minimum atomic E-state index is -0.0903. The first kappa shape index (κ1) is 17.1. The second kappa shape index (κ2) is 7.14. The van der Waals surface area contributed by atoms with Gasteiger partial charge in [0.15, 0.2) is 4.77 Å². The highest BCUT2D eigenvalue weighted by Crippen LogP contribution is 2.33. The van der Waals surface area contributed by atoms with Crippen LogP contribution in [-0.4, -0.2) is 33.5 Å². The highest BCUT2D eigenvalue weighted by molar-refractivity contribution is 7.71. The Balaban J connectivity index is 1.53. The fourth-order valence-electron chi connectivity index (χ4n) is 3.19. The maximum absolute atomic E-state index is 12.1. The van der Waals surface area contributed by atoms with E-state index in [0.717, 1.165) is 52.0 Å². The molecule has 134 valence electrons. The van der Waals surface area contributed by atoms with E-state index >= 15 is 0 Å². The molecule has 2 aromatic heterocycles. The maximum atomic E-state index is 12.1. The number of hydrogen-bond acceptors (Lipinski definition) is 6. The van der Waals surface area contributed by atoms with Crippen LogP contribution in [0.25, 0.3) is 10.6 Å². The van der Waals surface area contributed by atoms with E-state index in [1.807, 2.05) is 30.5 Å². The molecule has 0 spiro atoms. The standard InChI is InChI=1S/C18H18N4O2S2/c1-24-15-5-3-2-4-12(15)17-19-8-11(26-17)9-22-7-6-14-13(10-22)16(23)21-18(25)20-14/h2-5,8H,6-7,9-10H2,1H3,(H2,20,21,23,25). The van der Waals surface area contributed by atoms with Gasteiger partial charge in [-0.3, -0.25) is 14.7 Å². The zero-order valence-corrected chi connectivity index (χ0v) is 15.9. The molecule has 6 nitrogen and oxygen atoms in total. The van der Waals surface area contributed by atoms with Crippen LogP contribution in [0.1, 0.15) is 16.1 Å². The Kier molecular flexibility index (Phi) is 4.71. The van der Waals surface area contributed by atoms with Crippen LogP contribution in [-0.2, 0) is 19.5 Å². The highest BCUT2D eigenvalue weighted by Gasteiger charge is 2.20. The summed E-state index contributed by atoms with van der Waals surface area (Å²) < 4.78 is 5.82. The van der Waals surface area contributed by atoms with Gasteiger partial charge in [0.1, 0.15) is 10.8 Å². The van der Waals surface area contributed by atoms with Crippen LogP contribution in [0, 0.1) is 4.77 Å². The van der Waals surface area contributed by atoms with Gasteiger partial charge in [0.25, 0.3) is 5.56 Å². The Morgan fingerprint density at radius 3 is 3.04 bits per heavy atom. The highest BCUT2D eigenvalue weighted by atomic mass is 32.1. The number of aromatic nitrogens is 3. The number of thiazole rings is 1. The lowest BCUT2D eigenvalue weighted by Gasteiger charge is -2.27. The molecule has 1 aliphatic rings. The SMILES string of the molecule is COc1ccccc1-c1ncc(CN2CCc3[nH]c(=S)[nH]c(=O)c3C2)s1. The Morgan fingerprint density at radius 1 is 1.35 bits per heavy atom. The van der Waals surface area contributed by atoms with E-state index in [9.17, 15) is 4.79 Å². The number of H-pyrrole nitrogens is 2. The van der Waals surface area contributed by atoms with Gasteiger partial charge in [0, 0.05) is 42.8 Å². The monoisotopic (exact) mass is 386 g/mol. The number of ether oxygens (including phenoxy) is 1. The summed E-state index contributed by atoms with van der Waals surface area (Å²) in [7, 11) is 1.67. The smallest absolute Gasteiger partial charge is 0.256 e. The molecule has 1 aromatic carbocycles. The molecule has 0 bridgehead atoms. The Bertz CT molecular complexity index is 1050. The molecular weight excluding hydrogens is 368 g/mol. The Morgan fingerprint density at radius 2 is 2.19 bits per heavy atom. The summed E-state index contributed by atoms with van der Waals surface area (Å²) in [6, 6.07) is 7.88. The van der Waals surface area contributed by atoms with Crippen molar-refractivity contribution in [3.63, 3.8) is 0 Å². The lowest BCUT2D eigenvalue weighted by Crippen LogP contribution is -2.35. The summed E-state index contributed by atoms with van der Waals surface area (Å²) in [5.41, 5.74) is 2.64. The predicted molar refractivity (Wildman–Crippen MR) is 104 cm³/mol. The van der Waals surface area contributed by atoms with Crippen molar-refractivity contribution in [2.45, 2.75) is 19.5 Å². The van der Waals surface area contributed by atoms with Crippen molar-refractivity contribution in [2.75, 3.05) is 13.7 Å². The molecular formula is C18H18N4O2S2. The number of hydrogen-bond donors (Lipinski definition) is 2. The van der Waals surface area contributed by atoms with E-state index in [2.05, 4.69) is 19.9 Å². The Labute approximate surface area is 159 Å². The van der Waals surface area contributed by atoms with Crippen LogP contribution in [0.4, 0.5) is 0 Å². The molecule has 0 fully saturated rings. The van der Waals surface area contributed by atoms with Gasteiger partial charge in [-0.05, 0) is 24.4 Å². The van der Waals surface area contributed by atoms with Crippen molar-refractivity contribution >= 4 is 23.6 Å². The number of fused-ring (bicyclic) bond motifs is 1. The number of aromatic amines is 2. The first-order valence-corrected chi connectivity index (χ1v) is 9.51. The van der Waals surface area contributed by atoms with Gasteiger partial charge in [-0.15, -0.1) is 11.3 Å². The molecule has 0 saturated carbocycles. The van der Waals surface area contributed by atoms with Crippen molar-refractivity contribution in [3.05, 3.63) is 61.7 Å². The van der Waals surface area contributed by atoms with E-state index in [-0.39, 0.29) is 5.56 Å². The first-order valence-electron chi connectivity index (χ1n) is 8.29. The van der Waals surface area contributed by atoms with Crippen LogP contribution >= 0.6 is 23.6 Å². The van der Waals surface area contributed by atoms with E-state index in [4.69, 9.17) is 17.0 Å². The quantitative estimate of drug-likeness (QED) is 0.674. The molecule has 26 heavy (non-hydrogen) atoms. The number of nitrogens with one attached hydrogen (secondary N) is 2. The average molecular weight is 387 g/mol. The normalized spacial score (nSPS) is 14.2. The molecule has 0 aliphatic carbocycles. The van der Waals surface area contributed by atoms with Crippen molar-refractivity contribution in [1.82, 2.24) is 19.9 Å². The summed E-state index contributed by atoms with van der Waals surface area (Å²) in [4.78, 5) is 25.9. The van der Waals surface area contributed by atoms with Crippen LogP contribution in [0.3, 0.4) is 0 Å². The van der Waals surface area contributed by atoms with Crippen LogP contribution in [0.5, 0.6) is 5.75 Å². The number of methoxy groups -OCH3 is 1. The van der Waals surface area contributed by atoms with Gasteiger partial charge in [0.05, 0.1) is 18.2 Å². The fourth-order valence-corrected chi connectivity index (χ4v) is 4.40. The molecule has 0 atom stereocenters. The molecule has 0 amide bonds. The maximum Gasteiger partial charge on any atom is 0.256 e. The molecule has 8 heteroatoms. The number of para-hydroxylation sites is 1. The van der Waals surface area contributed by atoms with E-state index in [0.29, 0.717) is 11.3 Å². The van der Waals surface area contributed by atoms with Gasteiger partial charge < -0.3 is 9.72 Å². The summed E-state index contributed by atoms with van der Waals surface area (Å²) in [5, 5.41) is 0.941. The lowest BCUT2D eigenvalue weighted by atomic mass is 10.1. The summed E-state index contributed by atoms with van der Waals surface area (Å²) in [6.45, 7) is 2.25. The van der Waals surface area contributed by atoms with Crippen molar-refractivity contribution in [1.29, 1.82) is 0 Å². The second-order valence-electron chi connectivity index (χ2n) is 6.16. The van der Waals surface area contributed by atoms with E-state index in [1.54, 1.807) is 18.4 Å². The van der Waals surface area contributed by atoms with Crippen LogP contribution < -0.4 is 10.3 Å². The topological polar surface area (TPSA) is 74.0 Å². The molecule has 3 heterocycles. The molecule has 4 rings (SSSR count). The fraction of sp³-hybridized carbons (Fsp3) is 0.278. The van der Waals surface area contributed by atoms with E-state index < -0.39 is 0 Å². The molecule has 0 saturated heterocycles. The van der Waals surface area contributed by atoms with Gasteiger partial charge >= 0.3 is 0 Å². The van der Waals surface area contributed by atoms with Gasteiger partial charge in [-0.1, -0.05) is 12.1 Å². The molecule has 0 radical (unpaired) electrons. The number of benzene rings is 1. The molecule has 2 N–H and O–H groups in total. The van der Waals surface area contributed by atoms with Crippen molar-refractivity contribution in [2.24, 2.45) is 0 Å². The molecule has 3 aromatic rings. The van der Waals surface area contributed by atoms with Crippen LogP contribution in [0.2, 0.25) is 0 Å². The van der Waals surface area contributed by atoms with Gasteiger partial charge in [-0.25, -0.2) is 4.98 Å². The minimum absolute atomic E-state index is 0.0903. The minimum Gasteiger partial charge on any atom is -0.496 e. The summed E-state index contributed by atoms with van der Waals surface area (Å²) in [5.74, 6) is 0.821. The second-order valence-corrected chi connectivity index (χ2v) is 7.68. The average Bonchev–Trinajstić information content (AvgIpc) is 3.10. The summed E-state index contributed by atoms with van der Waals surface area (Å²) in [6.07, 6.45) is 2.70. The number of nitrogens with zero attached hydrogens (tertiary/aromatic N) is 2. The third-order valence-corrected chi connectivity index (χ3v) is 5.68. The zero-order chi connectivity index (χ0) is 18.1. The summed E-state index contributed by atoms with van der Waals surface area (Å²) >= 11 is 6.70. The third-order valence-electron chi connectivity index (χ3n) is 4.46. The lowest BCUT2D eigenvalue weighted by molar-refractivity contribution is 0.243. The van der Waals surface area contributed by atoms with Gasteiger partial charge in [-0.2, -0.15) is 0 Å². The largest absolute Gasteiger partial charge is 0.496 e. The molecule has 1 aliphatic heterocycles. The first-order chi connectivity index (χ1) is 12.6. The van der Waals surface area contributed by atoms with Gasteiger partial charge in [0.2, 0.25) is 0 Å².